The number of amides is 2. The number of piperidine rings is 1. The van der Waals surface area contributed by atoms with E-state index in [1.165, 1.54) is 11.8 Å². The smallest absolute Gasteiger partial charge is 0.282 e. The zero-order valence-corrected chi connectivity index (χ0v) is 14.2. The van der Waals surface area contributed by atoms with E-state index >= 15 is 0 Å². The minimum atomic E-state index is 0.0224. The van der Waals surface area contributed by atoms with Gasteiger partial charge in [0.1, 0.15) is 12.4 Å². The third-order valence-corrected chi connectivity index (χ3v) is 5.63. The number of benzene rings is 1. The summed E-state index contributed by atoms with van der Waals surface area (Å²) in [6.45, 7) is 2.33. The number of likely N-dealkylation sites (tertiary alicyclic amines) is 1. The van der Waals surface area contributed by atoms with Gasteiger partial charge in [0.25, 0.3) is 5.24 Å². The second-order valence-corrected chi connectivity index (χ2v) is 7.40. The molecule has 0 saturated carbocycles. The van der Waals surface area contributed by atoms with Crippen molar-refractivity contribution in [2.75, 3.05) is 31.9 Å². The van der Waals surface area contributed by atoms with Crippen LogP contribution >= 0.6 is 11.8 Å². The average Bonchev–Trinajstić information content (AvgIpc) is 3.21. The van der Waals surface area contributed by atoms with Gasteiger partial charge in [-0.15, -0.1) is 0 Å². The Hall–Kier alpha value is -2.02. The molecule has 2 aromatic rings. The molecule has 2 aliphatic rings. The number of hydrogen-bond donors (Lipinski definition) is 1. The lowest BCUT2D eigenvalue weighted by molar-refractivity contribution is -0.132. The van der Waals surface area contributed by atoms with Gasteiger partial charge in [0.2, 0.25) is 5.91 Å². The molecule has 1 aromatic carbocycles. The lowest BCUT2D eigenvalue weighted by Crippen LogP contribution is -2.44. The van der Waals surface area contributed by atoms with E-state index in [1.54, 1.807) is 4.90 Å². The van der Waals surface area contributed by atoms with E-state index in [0.717, 1.165) is 42.0 Å². The predicted molar refractivity (Wildman–Crippen MR) is 94.1 cm³/mol. The highest BCUT2D eigenvalue weighted by atomic mass is 32.2. The van der Waals surface area contributed by atoms with Gasteiger partial charge in [-0.1, -0.05) is 23.9 Å². The predicted octanol–water partition coefficient (Wildman–Crippen LogP) is 2.44. The molecule has 0 aliphatic carbocycles. The van der Waals surface area contributed by atoms with Crippen LogP contribution in [0.1, 0.15) is 24.6 Å². The van der Waals surface area contributed by atoms with Gasteiger partial charge in [-0.25, -0.2) is 4.98 Å². The van der Waals surface area contributed by atoms with E-state index in [1.807, 2.05) is 29.2 Å². The highest BCUT2D eigenvalue weighted by molar-refractivity contribution is 8.13. The second kappa shape index (κ2) is 6.47. The summed E-state index contributed by atoms with van der Waals surface area (Å²) in [5.74, 6) is 2.03. The van der Waals surface area contributed by atoms with Crippen molar-refractivity contribution in [3.05, 3.63) is 30.1 Å². The SMILES string of the molecule is O=C(CN1CCSC1=O)N1CCCC(c2nc3ccccc3[nH]2)C1. The van der Waals surface area contributed by atoms with Crippen LogP contribution in [0.15, 0.2) is 24.3 Å². The van der Waals surface area contributed by atoms with E-state index in [4.69, 9.17) is 0 Å². The van der Waals surface area contributed by atoms with Crippen LogP contribution in [0, 0.1) is 0 Å². The Balaban J connectivity index is 1.45. The van der Waals surface area contributed by atoms with Crippen molar-refractivity contribution in [3.63, 3.8) is 0 Å². The molecule has 0 radical (unpaired) electrons. The van der Waals surface area contributed by atoms with Gasteiger partial charge in [-0.3, -0.25) is 9.59 Å². The Labute approximate surface area is 144 Å². The number of nitrogens with zero attached hydrogens (tertiary/aromatic N) is 3. The molecule has 1 aromatic heterocycles. The monoisotopic (exact) mass is 344 g/mol. The number of H-pyrrole nitrogens is 1. The van der Waals surface area contributed by atoms with Gasteiger partial charge < -0.3 is 14.8 Å². The largest absolute Gasteiger partial charge is 0.342 e. The van der Waals surface area contributed by atoms with Crippen LogP contribution in [0.5, 0.6) is 0 Å². The lowest BCUT2D eigenvalue weighted by atomic mass is 9.97. The first-order valence-corrected chi connectivity index (χ1v) is 9.33. The minimum Gasteiger partial charge on any atom is -0.342 e. The molecule has 0 bridgehead atoms. The van der Waals surface area contributed by atoms with Crippen LogP contribution in [-0.2, 0) is 4.79 Å². The summed E-state index contributed by atoms with van der Waals surface area (Å²) in [7, 11) is 0. The van der Waals surface area contributed by atoms with Crippen molar-refractivity contribution in [1.82, 2.24) is 19.8 Å². The van der Waals surface area contributed by atoms with Crippen molar-refractivity contribution in [2.45, 2.75) is 18.8 Å². The van der Waals surface area contributed by atoms with Crippen LogP contribution < -0.4 is 0 Å². The first-order chi connectivity index (χ1) is 11.7. The first-order valence-electron chi connectivity index (χ1n) is 8.35. The maximum absolute atomic E-state index is 12.5. The summed E-state index contributed by atoms with van der Waals surface area (Å²) in [5.41, 5.74) is 2.01. The molecular formula is C17H20N4O2S. The first kappa shape index (κ1) is 15.5. The number of para-hydroxylation sites is 2. The summed E-state index contributed by atoms with van der Waals surface area (Å²) in [6.07, 6.45) is 2.00. The van der Waals surface area contributed by atoms with Gasteiger partial charge in [0.05, 0.1) is 11.0 Å². The maximum atomic E-state index is 12.5. The van der Waals surface area contributed by atoms with E-state index in [9.17, 15) is 9.59 Å². The number of carbonyl (C=O) groups excluding carboxylic acids is 2. The lowest BCUT2D eigenvalue weighted by Gasteiger charge is -2.32. The maximum Gasteiger partial charge on any atom is 0.282 e. The number of imidazole rings is 1. The van der Waals surface area contributed by atoms with Crippen molar-refractivity contribution in [2.24, 2.45) is 0 Å². The number of fused-ring (bicyclic) bond motifs is 1. The Morgan fingerprint density at radius 2 is 2.21 bits per heavy atom. The summed E-state index contributed by atoms with van der Waals surface area (Å²) < 4.78 is 0. The van der Waals surface area contributed by atoms with Crippen molar-refractivity contribution in [3.8, 4) is 0 Å². The summed E-state index contributed by atoms with van der Waals surface area (Å²) in [6, 6.07) is 7.99. The molecule has 1 atom stereocenters. The third kappa shape index (κ3) is 3.00. The number of aromatic amines is 1. The third-order valence-electron chi connectivity index (χ3n) is 4.74. The molecule has 3 heterocycles. The van der Waals surface area contributed by atoms with Crippen LogP contribution in [0.25, 0.3) is 11.0 Å². The summed E-state index contributed by atoms with van der Waals surface area (Å²) in [4.78, 5) is 35.8. The van der Waals surface area contributed by atoms with Crippen molar-refractivity contribution in [1.29, 1.82) is 0 Å². The summed E-state index contributed by atoms with van der Waals surface area (Å²) >= 11 is 1.30. The Morgan fingerprint density at radius 1 is 1.33 bits per heavy atom. The van der Waals surface area contributed by atoms with Gasteiger partial charge in [0, 0.05) is 31.3 Å². The Kier molecular flexibility index (Phi) is 4.18. The fraction of sp³-hybridized carbons (Fsp3) is 0.471. The second-order valence-electron chi connectivity index (χ2n) is 6.35. The molecule has 24 heavy (non-hydrogen) atoms. The molecule has 4 rings (SSSR count). The molecule has 2 saturated heterocycles. The molecule has 7 heteroatoms. The highest BCUT2D eigenvalue weighted by Crippen LogP contribution is 2.27. The molecule has 1 unspecified atom stereocenters. The number of rotatable bonds is 3. The fourth-order valence-electron chi connectivity index (χ4n) is 3.43. The van der Waals surface area contributed by atoms with Crippen LogP contribution in [0.3, 0.4) is 0 Å². The van der Waals surface area contributed by atoms with Crippen LogP contribution in [0.2, 0.25) is 0 Å². The normalized spacial score (nSPS) is 21.7. The molecule has 2 amide bonds. The number of nitrogens with one attached hydrogen (secondary N) is 1. The average molecular weight is 344 g/mol. The quantitative estimate of drug-likeness (QED) is 0.928. The van der Waals surface area contributed by atoms with Crippen LogP contribution in [0.4, 0.5) is 4.79 Å². The van der Waals surface area contributed by atoms with Crippen molar-refractivity contribution < 1.29 is 9.59 Å². The molecule has 0 spiro atoms. The van der Waals surface area contributed by atoms with E-state index in [0.29, 0.717) is 13.1 Å². The summed E-state index contributed by atoms with van der Waals surface area (Å²) in [5, 5.41) is 0.0224. The molecule has 2 aliphatic heterocycles. The fourth-order valence-corrected chi connectivity index (χ4v) is 4.25. The van der Waals surface area contributed by atoms with Gasteiger partial charge in [-0.05, 0) is 25.0 Å². The number of aromatic nitrogens is 2. The van der Waals surface area contributed by atoms with E-state index in [2.05, 4.69) is 9.97 Å². The standard InChI is InChI=1S/C17H20N4O2S/c22-15(11-21-8-9-24-17(21)23)20-7-3-4-12(10-20)16-18-13-5-1-2-6-14(13)19-16/h1-2,5-6,12H,3-4,7-11H2,(H,18,19). The van der Waals surface area contributed by atoms with E-state index < -0.39 is 0 Å². The van der Waals surface area contributed by atoms with Gasteiger partial charge >= 0.3 is 0 Å². The highest BCUT2D eigenvalue weighted by Gasteiger charge is 2.30. The number of carbonyl (C=O) groups is 2. The molecule has 1 N–H and O–H groups in total. The van der Waals surface area contributed by atoms with Crippen LogP contribution in [-0.4, -0.2) is 62.8 Å². The Bertz CT molecular complexity index is 742. The van der Waals surface area contributed by atoms with Gasteiger partial charge in [-0.2, -0.15) is 0 Å². The van der Waals surface area contributed by atoms with Crippen molar-refractivity contribution >= 4 is 33.9 Å². The number of hydrogen-bond acceptors (Lipinski definition) is 4. The number of thioether (sulfide) groups is 1. The van der Waals surface area contributed by atoms with E-state index in [-0.39, 0.29) is 23.6 Å². The molecular weight excluding hydrogens is 324 g/mol. The molecule has 126 valence electrons. The topological polar surface area (TPSA) is 69.3 Å². The zero-order chi connectivity index (χ0) is 16.5. The Morgan fingerprint density at radius 3 is 3.00 bits per heavy atom. The molecule has 2 fully saturated rings. The molecule has 6 nitrogen and oxygen atoms in total. The minimum absolute atomic E-state index is 0.0224. The zero-order valence-electron chi connectivity index (χ0n) is 13.4. The van der Waals surface area contributed by atoms with Gasteiger partial charge in [0.15, 0.2) is 0 Å².